The zero-order valence-electron chi connectivity index (χ0n) is 10.1. The van der Waals surface area contributed by atoms with E-state index in [-0.39, 0.29) is 0 Å². The molecule has 0 atom stereocenters. The van der Waals surface area contributed by atoms with E-state index in [1.54, 1.807) is 29.4 Å². The number of hydrogen-bond donors (Lipinski definition) is 0. The second-order valence-corrected chi connectivity index (χ2v) is 3.55. The van der Waals surface area contributed by atoms with Crippen molar-refractivity contribution in [3.05, 3.63) is 61.8 Å². The first kappa shape index (κ1) is 11.9. The van der Waals surface area contributed by atoms with Gasteiger partial charge in [-0.2, -0.15) is 5.10 Å². The van der Waals surface area contributed by atoms with E-state index in [9.17, 15) is 0 Å². The Morgan fingerprint density at radius 3 is 2.83 bits per heavy atom. The summed E-state index contributed by atoms with van der Waals surface area (Å²) in [4.78, 5) is 12.5. The van der Waals surface area contributed by atoms with Crippen molar-refractivity contribution >= 4 is 5.57 Å². The lowest BCUT2D eigenvalue weighted by atomic mass is 10.1. The van der Waals surface area contributed by atoms with Crippen LogP contribution < -0.4 is 0 Å². The van der Waals surface area contributed by atoms with Gasteiger partial charge in [-0.1, -0.05) is 31.4 Å². The van der Waals surface area contributed by atoms with Gasteiger partial charge >= 0.3 is 0 Å². The Bertz CT molecular complexity index is 596. The minimum Gasteiger partial charge on any atom is -0.239 e. The highest BCUT2D eigenvalue weighted by atomic mass is 15.3. The Kier molecular flexibility index (Phi) is 3.43. The molecule has 2 rings (SSSR count). The Hall–Kier alpha value is -2.56. The first-order chi connectivity index (χ1) is 8.76. The third-order valence-electron chi connectivity index (χ3n) is 2.35. The van der Waals surface area contributed by atoms with Crippen LogP contribution in [0.5, 0.6) is 0 Å². The molecule has 0 N–H and O–H groups in total. The van der Waals surface area contributed by atoms with Gasteiger partial charge < -0.3 is 0 Å². The summed E-state index contributed by atoms with van der Waals surface area (Å²) in [5, 5.41) is 4.09. The van der Waals surface area contributed by atoms with Crippen LogP contribution >= 0.6 is 0 Å². The maximum atomic E-state index is 4.43. The largest absolute Gasteiger partial charge is 0.239 e. The number of nitrogens with zero attached hydrogens (tertiary/aromatic N) is 5. The van der Waals surface area contributed by atoms with Crippen molar-refractivity contribution in [2.45, 2.75) is 6.92 Å². The van der Waals surface area contributed by atoms with E-state index in [0.717, 1.165) is 17.0 Å². The fraction of sp³-hybridized carbons (Fsp3) is 0.0769. The van der Waals surface area contributed by atoms with Crippen molar-refractivity contribution in [3.63, 3.8) is 0 Å². The summed E-state index contributed by atoms with van der Waals surface area (Å²) < 4.78 is 1.62. The molecule has 0 bridgehead atoms. The molecule has 18 heavy (non-hydrogen) atoms. The van der Waals surface area contributed by atoms with Crippen LogP contribution in [-0.2, 0) is 0 Å². The van der Waals surface area contributed by atoms with Gasteiger partial charge in [-0.25, -0.2) is 19.6 Å². The Labute approximate surface area is 105 Å². The Morgan fingerprint density at radius 2 is 2.22 bits per heavy atom. The summed E-state index contributed by atoms with van der Waals surface area (Å²) in [7, 11) is 0. The van der Waals surface area contributed by atoms with Crippen LogP contribution in [0.4, 0.5) is 0 Å². The number of aryl methyl sites for hydroxylation is 1. The molecule has 5 heteroatoms. The molecule has 90 valence electrons. The molecule has 0 spiro atoms. The van der Waals surface area contributed by atoms with E-state index < -0.39 is 0 Å². The zero-order chi connectivity index (χ0) is 13.0. The normalized spacial score (nSPS) is 11.3. The average Bonchev–Trinajstić information content (AvgIpc) is 2.89. The molecule has 0 aromatic carbocycles. The number of aromatic nitrogens is 5. The summed E-state index contributed by atoms with van der Waals surface area (Å²) in [6.45, 7) is 9.31. The second-order valence-electron chi connectivity index (χ2n) is 3.55. The Morgan fingerprint density at radius 1 is 1.39 bits per heavy atom. The van der Waals surface area contributed by atoms with Gasteiger partial charge in [0.25, 0.3) is 0 Å². The third-order valence-corrected chi connectivity index (χ3v) is 2.35. The van der Waals surface area contributed by atoms with Crippen LogP contribution in [0.25, 0.3) is 11.3 Å². The lowest BCUT2D eigenvalue weighted by molar-refractivity contribution is 0.849. The number of allylic oxidation sites excluding steroid dienone is 4. The van der Waals surface area contributed by atoms with Gasteiger partial charge in [0.2, 0.25) is 0 Å². The molecule has 0 fully saturated rings. The molecule has 0 saturated carbocycles. The molecule has 0 saturated heterocycles. The summed E-state index contributed by atoms with van der Waals surface area (Å²) >= 11 is 0. The Balaban J connectivity index is 2.64. The minimum atomic E-state index is 0.686. The fourth-order valence-electron chi connectivity index (χ4n) is 1.55. The van der Waals surface area contributed by atoms with Crippen molar-refractivity contribution in [2.75, 3.05) is 0 Å². The van der Waals surface area contributed by atoms with Crippen molar-refractivity contribution in [2.24, 2.45) is 0 Å². The highest BCUT2D eigenvalue weighted by molar-refractivity contribution is 5.76. The molecule has 0 aliphatic rings. The average molecular weight is 239 g/mol. The van der Waals surface area contributed by atoms with Crippen LogP contribution in [-0.4, -0.2) is 24.7 Å². The van der Waals surface area contributed by atoms with Crippen LogP contribution in [0.15, 0.2) is 50.2 Å². The molecule has 2 heterocycles. The van der Waals surface area contributed by atoms with Crippen molar-refractivity contribution in [1.29, 1.82) is 0 Å². The van der Waals surface area contributed by atoms with Gasteiger partial charge in [-0.05, 0) is 6.92 Å². The van der Waals surface area contributed by atoms with E-state index in [2.05, 4.69) is 33.2 Å². The lowest BCUT2D eigenvalue weighted by Gasteiger charge is -2.09. The van der Waals surface area contributed by atoms with Crippen LogP contribution in [0.3, 0.4) is 0 Å². The molecule has 2 aromatic rings. The molecular formula is C13H13N5. The predicted octanol–water partition coefficient (Wildman–Crippen LogP) is 2.12. The molecule has 0 unspecified atom stereocenters. The fourth-order valence-corrected chi connectivity index (χ4v) is 1.55. The minimum absolute atomic E-state index is 0.686. The third kappa shape index (κ3) is 2.24. The zero-order valence-corrected chi connectivity index (χ0v) is 10.1. The van der Waals surface area contributed by atoms with Gasteiger partial charge in [0, 0.05) is 5.57 Å². The van der Waals surface area contributed by atoms with Crippen LogP contribution in [0.2, 0.25) is 0 Å². The highest BCUT2D eigenvalue weighted by Gasteiger charge is 2.10. The standard InChI is InChI=1S/C13H13N5/c1-4-6-11(5-2)13-12(7-15-10(3)17-13)18-9-14-8-16-18/h4-9H,1-2H2,3H3/b11-6+. The summed E-state index contributed by atoms with van der Waals surface area (Å²) in [5.41, 5.74) is 2.37. The van der Waals surface area contributed by atoms with E-state index in [4.69, 9.17) is 0 Å². The lowest BCUT2D eigenvalue weighted by Crippen LogP contribution is -2.04. The predicted molar refractivity (Wildman–Crippen MR) is 70.1 cm³/mol. The summed E-state index contributed by atoms with van der Waals surface area (Å²) in [6, 6.07) is 0. The topological polar surface area (TPSA) is 56.5 Å². The first-order valence-electron chi connectivity index (χ1n) is 5.40. The molecule has 0 radical (unpaired) electrons. The number of hydrogen-bond acceptors (Lipinski definition) is 4. The van der Waals surface area contributed by atoms with Gasteiger partial charge in [0.05, 0.1) is 11.9 Å². The van der Waals surface area contributed by atoms with E-state index in [1.807, 2.05) is 13.0 Å². The molecule has 0 amide bonds. The number of rotatable bonds is 4. The van der Waals surface area contributed by atoms with E-state index >= 15 is 0 Å². The van der Waals surface area contributed by atoms with Crippen molar-refractivity contribution < 1.29 is 0 Å². The summed E-state index contributed by atoms with van der Waals surface area (Å²) in [6.07, 6.45) is 10.0. The summed E-state index contributed by atoms with van der Waals surface area (Å²) in [5.74, 6) is 0.686. The monoisotopic (exact) mass is 239 g/mol. The smallest absolute Gasteiger partial charge is 0.138 e. The van der Waals surface area contributed by atoms with Crippen LogP contribution in [0.1, 0.15) is 11.5 Å². The molecular weight excluding hydrogens is 226 g/mol. The van der Waals surface area contributed by atoms with Gasteiger partial charge in [0.15, 0.2) is 0 Å². The van der Waals surface area contributed by atoms with E-state index in [0.29, 0.717) is 5.82 Å². The van der Waals surface area contributed by atoms with Gasteiger partial charge in [-0.3, -0.25) is 0 Å². The first-order valence-corrected chi connectivity index (χ1v) is 5.40. The molecule has 0 aliphatic carbocycles. The highest BCUT2D eigenvalue weighted by Crippen LogP contribution is 2.20. The van der Waals surface area contributed by atoms with E-state index in [1.165, 1.54) is 6.33 Å². The molecule has 5 nitrogen and oxygen atoms in total. The maximum absolute atomic E-state index is 4.43. The van der Waals surface area contributed by atoms with Gasteiger partial charge in [0.1, 0.15) is 24.2 Å². The molecule has 0 aliphatic heterocycles. The SMILES string of the molecule is C=C/C=C(\C=C)c1nc(C)ncc1-n1cncn1. The second kappa shape index (κ2) is 5.18. The van der Waals surface area contributed by atoms with Crippen LogP contribution in [0, 0.1) is 6.92 Å². The van der Waals surface area contributed by atoms with Gasteiger partial charge in [-0.15, -0.1) is 0 Å². The molecule has 2 aromatic heterocycles. The van der Waals surface area contributed by atoms with Crippen molar-refractivity contribution in [1.82, 2.24) is 24.7 Å². The van der Waals surface area contributed by atoms with Crippen molar-refractivity contribution in [3.8, 4) is 5.69 Å². The quantitative estimate of drug-likeness (QED) is 0.767. The maximum Gasteiger partial charge on any atom is 0.138 e.